The van der Waals surface area contributed by atoms with Gasteiger partial charge in [0.2, 0.25) is 0 Å². The van der Waals surface area contributed by atoms with Gasteiger partial charge in [0.1, 0.15) is 5.75 Å². The van der Waals surface area contributed by atoms with Crippen LogP contribution in [0.2, 0.25) is 0 Å². The highest BCUT2D eigenvalue weighted by Crippen LogP contribution is 2.34. The number of methoxy groups -OCH3 is 1. The number of nitrogens with one attached hydrogen (secondary N) is 2. The van der Waals surface area contributed by atoms with Gasteiger partial charge in [-0.15, -0.1) is 0 Å². The molecule has 0 aliphatic rings. The van der Waals surface area contributed by atoms with E-state index < -0.39 is 0 Å². The van der Waals surface area contributed by atoms with Gasteiger partial charge in [0.15, 0.2) is 11.5 Å². The summed E-state index contributed by atoms with van der Waals surface area (Å²) in [6.45, 7) is 2.78. The topological polar surface area (TPSA) is 85.6 Å². The molecule has 134 valence electrons. The summed E-state index contributed by atoms with van der Waals surface area (Å²) in [4.78, 5) is 11.9. The van der Waals surface area contributed by atoms with Gasteiger partial charge in [-0.1, -0.05) is 25.8 Å². The summed E-state index contributed by atoms with van der Waals surface area (Å²) in [6.07, 6.45) is 3.19. The van der Waals surface area contributed by atoms with Crippen LogP contribution in [0.25, 0.3) is 0 Å². The molecule has 2 aromatic carbocycles. The molecule has 2 amide bonds. The van der Waals surface area contributed by atoms with E-state index in [0.717, 1.165) is 19.3 Å². The molecule has 0 atom stereocenters. The van der Waals surface area contributed by atoms with Crippen LogP contribution in [0.3, 0.4) is 0 Å². The number of amides is 2. The minimum Gasteiger partial charge on any atom is -0.493 e. The van der Waals surface area contributed by atoms with Crippen molar-refractivity contribution in [2.75, 3.05) is 24.7 Å². The van der Waals surface area contributed by atoms with Crippen LogP contribution in [-0.4, -0.2) is 19.7 Å². The summed E-state index contributed by atoms with van der Waals surface area (Å²) in [5, 5.41) is 5.62. The Bertz CT molecular complexity index is 704. The molecule has 0 aliphatic carbocycles. The number of benzene rings is 2. The number of rotatable bonds is 8. The van der Waals surface area contributed by atoms with Crippen molar-refractivity contribution in [2.45, 2.75) is 26.2 Å². The molecular weight excluding hydrogens is 318 g/mol. The number of nitrogen functional groups attached to an aromatic ring is 1. The van der Waals surface area contributed by atoms with Crippen LogP contribution in [0.5, 0.6) is 17.2 Å². The molecule has 0 saturated heterocycles. The summed E-state index contributed by atoms with van der Waals surface area (Å²) >= 11 is 0. The van der Waals surface area contributed by atoms with Crippen molar-refractivity contribution in [1.29, 1.82) is 0 Å². The van der Waals surface area contributed by atoms with Crippen molar-refractivity contribution >= 4 is 17.4 Å². The molecule has 4 N–H and O–H groups in total. The first-order valence-corrected chi connectivity index (χ1v) is 8.38. The third kappa shape index (κ3) is 5.91. The summed E-state index contributed by atoms with van der Waals surface area (Å²) in [6, 6.07) is 12.1. The average molecular weight is 343 g/mol. The first kappa shape index (κ1) is 18.4. The van der Waals surface area contributed by atoms with Crippen LogP contribution >= 0.6 is 0 Å². The largest absolute Gasteiger partial charge is 0.493 e. The van der Waals surface area contributed by atoms with Gasteiger partial charge >= 0.3 is 6.03 Å². The summed E-state index contributed by atoms with van der Waals surface area (Å²) in [5.41, 5.74) is 7.00. The lowest BCUT2D eigenvalue weighted by Gasteiger charge is -2.13. The van der Waals surface area contributed by atoms with E-state index in [1.165, 1.54) is 0 Å². The second-order valence-corrected chi connectivity index (χ2v) is 5.63. The molecule has 6 heteroatoms. The van der Waals surface area contributed by atoms with E-state index >= 15 is 0 Å². The Hall–Kier alpha value is -2.89. The molecule has 0 radical (unpaired) electrons. The molecule has 0 aromatic heterocycles. The van der Waals surface area contributed by atoms with E-state index in [1.54, 1.807) is 37.4 Å². The Morgan fingerprint density at radius 2 is 1.96 bits per heavy atom. The van der Waals surface area contributed by atoms with Gasteiger partial charge < -0.3 is 25.8 Å². The van der Waals surface area contributed by atoms with Gasteiger partial charge in [-0.05, 0) is 30.7 Å². The molecule has 0 heterocycles. The maximum Gasteiger partial charge on any atom is 0.319 e. The van der Waals surface area contributed by atoms with Crippen LogP contribution in [0.15, 0.2) is 42.5 Å². The van der Waals surface area contributed by atoms with E-state index in [2.05, 4.69) is 17.6 Å². The minimum atomic E-state index is -0.234. The Balaban J connectivity index is 1.99. The first-order chi connectivity index (χ1) is 12.1. The normalized spacial score (nSPS) is 10.2. The van der Waals surface area contributed by atoms with Gasteiger partial charge in [0.05, 0.1) is 7.11 Å². The van der Waals surface area contributed by atoms with Crippen LogP contribution in [0.4, 0.5) is 16.2 Å². The van der Waals surface area contributed by atoms with Crippen molar-refractivity contribution in [2.24, 2.45) is 0 Å². The van der Waals surface area contributed by atoms with Gasteiger partial charge in [0.25, 0.3) is 0 Å². The molecule has 6 nitrogen and oxygen atoms in total. The maximum absolute atomic E-state index is 11.9. The molecule has 0 fully saturated rings. The fraction of sp³-hybridized carbons (Fsp3) is 0.316. The number of unbranched alkanes of at least 4 members (excludes halogenated alkanes) is 2. The summed E-state index contributed by atoms with van der Waals surface area (Å²) < 4.78 is 11.2. The highest BCUT2D eigenvalue weighted by molar-refractivity contribution is 5.89. The fourth-order valence-corrected chi connectivity index (χ4v) is 2.29. The highest BCUT2D eigenvalue weighted by Gasteiger charge is 2.09. The van der Waals surface area contributed by atoms with E-state index in [9.17, 15) is 4.79 Å². The monoisotopic (exact) mass is 343 g/mol. The highest BCUT2D eigenvalue weighted by atomic mass is 16.5. The molecule has 2 rings (SSSR count). The molecule has 0 saturated carbocycles. The third-order valence-electron chi connectivity index (χ3n) is 3.57. The predicted octanol–water partition coefficient (Wildman–Crippen LogP) is 4.38. The van der Waals surface area contributed by atoms with E-state index in [1.807, 2.05) is 12.1 Å². The Kier molecular flexibility index (Phi) is 6.95. The van der Waals surface area contributed by atoms with Gasteiger partial charge in [-0.3, -0.25) is 0 Å². The zero-order valence-corrected chi connectivity index (χ0v) is 14.7. The second-order valence-electron chi connectivity index (χ2n) is 5.63. The number of anilines is 2. The number of nitrogens with two attached hydrogens (primary N) is 1. The summed E-state index contributed by atoms with van der Waals surface area (Å²) in [5.74, 6) is 1.68. The van der Waals surface area contributed by atoms with Crippen LogP contribution < -0.4 is 25.8 Å². The quantitative estimate of drug-likeness (QED) is 0.490. The number of hydrogen-bond donors (Lipinski definition) is 3. The van der Waals surface area contributed by atoms with Crippen LogP contribution in [0.1, 0.15) is 26.2 Å². The van der Waals surface area contributed by atoms with Crippen LogP contribution in [0, 0.1) is 0 Å². The third-order valence-corrected chi connectivity index (χ3v) is 3.57. The maximum atomic E-state index is 11.9. The SMILES string of the molecule is CCCCCNC(=O)Nc1ccc(Oc2cccc(N)c2)c(OC)c1. The molecule has 2 aromatic rings. The predicted molar refractivity (Wildman–Crippen MR) is 100 cm³/mol. The lowest BCUT2D eigenvalue weighted by molar-refractivity contribution is 0.252. The zero-order chi connectivity index (χ0) is 18.1. The van der Waals surface area contributed by atoms with E-state index in [0.29, 0.717) is 35.2 Å². The van der Waals surface area contributed by atoms with Crippen molar-refractivity contribution in [3.8, 4) is 17.2 Å². The Morgan fingerprint density at radius 1 is 1.12 bits per heavy atom. The number of carbonyl (C=O) groups excluding carboxylic acids is 1. The number of urea groups is 1. The molecule has 0 spiro atoms. The van der Waals surface area contributed by atoms with Crippen molar-refractivity contribution in [3.63, 3.8) is 0 Å². The van der Waals surface area contributed by atoms with Crippen molar-refractivity contribution in [1.82, 2.24) is 5.32 Å². The average Bonchev–Trinajstić information content (AvgIpc) is 2.60. The molecule has 0 aliphatic heterocycles. The number of hydrogen-bond acceptors (Lipinski definition) is 4. The Labute approximate surface area is 148 Å². The van der Waals surface area contributed by atoms with Gasteiger partial charge in [-0.25, -0.2) is 4.79 Å². The van der Waals surface area contributed by atoms with Gasteiger partial charge in [-0.2, -0.15) is 0 Å². The Morgan fingerprint density at radius 3 is 2.68 bits per heavy atom. The lowest BCUT2D eigenvalue weighted by atomic mass is 10.2. The van der Waals surface area contributed by atoms with Crippen molar-refractivity contribution in [3.05, 3.63) is 42.5 Å². The van der Waals surface area contributed by atoms with Crippen molar-refractivity contribution < 1.29 is 14.3 Å². The lowest BCUT2D eigenvalue weighted by Crippen LogP contribution is -2.29. The molecule has 0 bridgehead atoms. The first-order valence-electron chi connectivity index (χ1n) is 8.38. The van der Waals surface area contributed by atoms with Crippen LogP contribution in [-0.2, 0) is 0 Å². The zero-order valence-electron chi connectivity index (χ0n) is 14.7. The van der Waals surface area contributed by atoms with E-state index in [4.69, 9.17) is 15.2 Å². The second kappa shape index (κ2) is 9.42. The molecule has 25 heavy (non-hydrogen) atoms. The summed E-state index contributed by atoms with van der Waals surface area (Å²) in [7, 11) is 1.55. The fourth-order valence-electron chi connectivity index (χ4n) is 2.29. The standard InChI is InChI=1S/C19H25N3O3/c1-3-4-5-11-21-19(23)22-15-9-10-17(18(13-15)24-2)25-16-8-6-7-14(20)12-16/h6-10,12-13H,3-5,11,20H2,1-2H3,(H2,21,22,23). The van der Waals surface area contributed by atoms with Gasteiger partial charge in [0, 0.05) is 30.1 Å². The number of carbonyl (C=O) groups is 1. The molecular formula is C19H25N3O3. The molecule has 0 unspecified atom stereocenters. The minimum absolute atomic E-state index is 0.234. The number of ether oxygens (including phenoxy) is 2. The van der Waals surface area contributed by atoms with E-state index in [-0.39, 0.29) is 6.03 Å². The smallest absolute Gasteiger partial charge is 0.319 e.